The number of aromatic nitrogens is 3. The van der Waals surface area contributed by atoms with Crippen molar-refractivity contribution in [2.24, 2.45) is 0 Å². The van der Waals surface area contributed by atoms with Crippen molar-refractivity contribution in [2.45, 2.75) is 0 Å². The molecule has 0 aliphatic carbocycles. The fraction of sp³-hybridized carbons (Fsp3) is 0. The van der Waals surface area contributed by atoms with E-state index < -0.39 is 5.97 Å². The molecule has 0 bridgehead atoms. The molecule has 7 heteroatoms. The molecule has 104 valence electrons. The number of aromatic carboxylic acids is 1. The van der Waals surface area contributed by atoms with Gasteiger partial charge in [0.2, 0.25) is 0 Å². The summed E-state index contributed by atoms with van der Waals surface area (Å²) in [7, 11) is 0. The highest BCUT2D eigenvalue weighted by molar-refractivity contribution is 6.32. The molecular formula is C14H8ClN3O3. The van der Waals surface area contributed by atoms with Crippen LogP contribution in [0.4, 0.5) is 0 Å². The van der Waals surface area contributed by atoms with Gasteiger partial charge < -0.3 is 9.52 Å². The third kappa shape index (κ3) is 2.48. The van der Waals surface area contributed by atoms with Crippen LogP contribution >= 0.6 is 11.6 Å². The largest absolute Gasteiger partial charge is 0.478 e. The standard InChI is InChI=1S/C14H8ClN3O3/c15-13-9(14(19)20)6-8(10-3-4-16-7-17-10)12(18-13)11-2-1-5-21-11/h1-7H,(H,19,20). The van der Waals surface area contributed by atoms with Gasteiger partial charge in [0.05, 0.1) is 17.5 Å². The summed E-state index contributed by atoms with van der Waals surface area (Å²) in [6, 6.07) is 6.50. The Bertz CT molecular complexity index is 789. The van der Waals surface area contributed by atoms with Crippen molar-refractivity contribution in [2.75, 3.05) is 0 Å². The van der Waals surface area contributed by atoms with E-state index in [1.165, 1.54) is 18.7 Å². The van der Waals surface area contributed by atoms with Crippen molar-refractivity contribution in [3.63, 3.8) is 0 Å². The van der Waals surface area contributed by atoms with Gasteiger partial charge in [-0.1, -0.05) is 11.6 Å². The van der Waals surface area contributed by atoms with Crippen LogP contribution in [0.15, 0.2) is 47.5 Å². The molecule has 0 aromatic carbocycles. The van der Waals surface area contributed by atoms with Crippen molar-refractivity contribution in [3.8, 4) is 22.7 Å². The summed E-state index contributed by atoms with van der Waals surface area (Å²) < 4.78 is 5.33. The molecular weight excluding hydrogens is 294 g/mol. The summed E-state index contributed by atoms with van der Waals surface area (Å²) in [6.07, 6.45) is 4.43. The molecule has 3 rings (SSSR count). The first-order valence-electron chi connectivity index (χ1n) is 5.91. The van der Waals surface area contributed by atoms with E-state index in [4.69, 9.17) is 16.0 Å². The summed E-state index contributed by atoms with van der Waals surface area (Å²) in [5.41, 5.74) is 1.37. The van der Waals surface area contributed by atoms with Gasteiger partial charge in [0.1, 0.15) is 17.2 Å². The number of rotatable bonds is 3. The third-order valence-corrected chi connectivity index (χ3v) is 3.11. The van der Waals surface area contributed by atoms with Crippen LogP contribution in [-0.2, 0) is 0 Å². The smallest absolute Gasteiger partial charge is 0.338 e. The second kappa shape index (κ2) is 5.34. The van der Waals surface area contributed by atoms with Crippen molar-refractivity contribution < 1.29 is 14.3 Å². The van der Waals surface area contributed by atoms with Gasteiger partial charge in [-0.05, 0) is 24.3 Å². The van der Waals surface area contributed by atoms with Crippen molar-refractivity contribution >= 4 is 17.6 Å². The maximum absolute atomic E-state index is 11.2. The van der Waals surface area contributed by atoms with Gasteiger partial charge in [0.25, 0.3) is 0 Å². The van der Waals surface area contributed by atoms with Crippen molar-refractivity contribution in [3.05, 3.63) is 53.8 Å². The molecule has 3 heterocycles. The average Bonchev–Trinajstić information content (AvgIpc) is 3.01. The lowest BCUT2D eigenvalue weighted by molar-refractivity contribution is 0.0696. The summed E-state index contributed by atoms with van der Waals surface area (Å²) in [5.74, 6) is -0.684. The van der Waals surface area contributed by atoms with Gasteiger partial charge in [-0.15, -0.1) is 0 Å². The van der Waals surface area contributed by atoms with Gasteiger partial charge >= 0.3 is 5.97 Å². The minimum absolute atomic E-state index is 0.0967. The summed E-state index contributed by atoms with van der Waals surface area (Å²) in [5, 5.41) is 9.07. The second-order valence-corrected chi connectivity index (χ2v) is 4.46. The molecule has 0 spiro atoms. The molecule has 3 aromatic rings. The van der Waals surface area contributed by atoms with E-state index in [1.54, 1.807) is 24.4 Å². The lowest BCUT2D eigenvalue weighted by atomic mass is 10.1. The van der Waals surface area contributed by atoms with Gasteiger partial charge in [0.15, 0.2) is 5.76 Å². The second-order valence-electron chi connectivity index (χ2n) is 4.10. The molecule has 6 nitrogen and oxygen atoms in total. The molecule has 0 atom stereocenters. The molecule has 1 N–H and O–H groups in total. The Labute approximate surface area is 124 Å². The average molecular weight is 302 g/mol. The molecule has 0 aliphatic heterocycles. The first-order chi connectivity index (χ1) is 10.2. The summed E-state index contributed by atoms with van der Waals surface area (Å²) >= 11 is 5.93. The maximum Gasteiger partial charge on any atom is 0.338 e. The van der Waals surface area contributed by atoms with Gasteiger partial charge in [-0.2, -0.15) is 0 Å². The number of carbonyl (C=O) groups is 1. The van der Waals surface area contributed by atoms with E-state index in [1.807, 2.05) is 0 Å². The summed E-state index contributed by atoms with van der Waals surface area (Å²) in [6.45, 7) is 0. The number of hydrogen-bond donors (Lipinski definition) is 1. The first kappa shape index (κ1) is 13.3. The minimum Gasteiger partial charge on any atom is -0.478 e. The van der Waals surface area contributed by atoms with Crippen molar-refractivity contribution in [1.29, 1.82) is 0 Å². The van der Waals surface area contributed by atoms with E-state index in [0.717, 1.165) is 0 Å². The zero-order valence-corrected chi connectivity index (χ0v) is 11.3. The lowest BCUT2D eigenvalue weighted by Crippen LogP contribution is -2.02. The van der Waals surface area contributed by atoms with Crippen molar-refractivity contribution in [1.82, 2.24) is 15.0 Å². The van der Waals surface area contributed by atoms with E-state index >= 15 is 0 Å². The molecule has 0 amide bonds. The molecule has 0 unspecified atom stereocenters. The van der Waals surface area contributed by atoms with Gasteiger partial charge in [0, 0.05) is 11.8 Å². The van der Waals surface area contributed by atoms with Crippen LogP contribution in [0.2, 0.25) is 5.15 Å². The molecule has 0 fully saturated rings. The highest BCUT2D eigenvalue weighted by Gasteiger charge is 2.19. The predicted molar refractivity (Wildman–Crippen MR) is 74.9 cm³/mol. The van der Waals surface area contributed by atoms with E-state index in [0.29, 0.717) is 22.7 Å². The number of carboxylic acid groups (broad SMARTS) is 1. The number of pyridine rings is 1. The van der Waals surface area contributed by atoms with Crippen LogP contribution < -0.4 is 0 Å². The quantitative estimate of drug-likeness (QED) is 0.747. The minimum atomic E-state index is -1.16. The Hall–Kier alpha value is -2.73. The predicted octanol–water partition coefficient (Wildman–Crippen LogP) is 3.15. The maximum atomic E-state index is 11.2. The normalized spacial score (nSPS) is 10.5. The number of nitrogens with zero attached hydrogens (tertiary/aromatic N) is 3. The summed E-state index contributed by atoms with van der Waals surface area (Å²) in [4.78, 5) is 23.3. The zero-order chi connectivity index (χ0) is 14.8. The molecule has 21 heavy (non-hydrogen) atoms. The monoisotopic (exact) mass is 301 g/mol. The Morgan fingerprint density at radius 1 is 1.33 bits per heavy atom. The van der Waals surface area contributed by atoms with E-state index in [-0.39, 0.29) is 10.7 Å². The van der Waals surface area contributed by atoms with E-state index in [2.05, 4.69) is 15.0 Å². The highest BCUT2D eigenvalue weighted by atomic mass is 35.5. The molecule has 0 aliphatic rings. The number of furan rings is 1. The Balaban J connectivity index is 2.29. The highest BCUT2D eigenvalue weighted by Crippen LogP contribution is 2.32. The van der Waals surface area contributed by atoms with Crippen LogP contribution in [0.25, 0.3) is 22.7 Å². The molecule has 3 aromatic heterocycles. The molecule has 0 saturated carbocycles. The Kier molecular flexibility index (Phi) is 3.37. The van der Waals surface area contributed by atoms with Crippen LogP contribution in [-0.4, -0.2) is 26.0 Å². The SMILES string of the molecule is O=C(O)c1cc(-c2ccncn2)c(-c2ccco2)nc1Cl. The Morgan fingerprint density at radius 2 is 2.19 bits per heavy atom. The molecule has 0 saturated heterocycles. The zero-order valence-electron chi connectivity index (χ0n) is 10.5. The molecule has 0 radical (unpaired) electrons. The fourth-order valence-electron chi connectivity index (χ4n) is 1.89. The fourth-order valence-corrected chi connectivity index (χ4v) is 2.11. The van der Waals surface area contributed by atoms with Gasteiger partial charge in [-0.25, -0.2) is 19.7 Å². The van der Waals surface area contributed by atoms with Crippen LogP contribution in [0.3, 0.4) is 0 Å². The first-order valence-corrected chi connectivity index (χ1v) is 6.28. The van der Waals surface area contributed by atoms with E-state index in [9.17, 15) is 9.90 Å². The van der Waals surface area contributed by atoms with Gasteiger partial charge in [-0.3, -0.25) is 0 Å². The third-order valence-electron chi connectivity index (χ3n) is 2.82. The van der Waals surface area contributed by atoms with Crippen LogP contribution in [0.5, 0.6) is 0 Å². The van der Waals surface area contributed by atoms with Crippen LogP contribution in [0.1, 0.15) is 10.4 Å². The number of hydrogen-bond acceptors (Lipinski definition) is 5. The number of carboxylic acids is 1. The topological polar surface area (TPSA) is 89.1 Å². The number of halogens is 1. The lowest BCUT2D eigenvalue weighted by Gasteiger charge is -2.08. The Morgan fingerprint density at radius 3 is 2.81 bits per heavy atom. The van der Waals surface area contributed by atoms with Crippen LogP contribution in [0, 0.1) is 0 Å².